The van der Waals surface area contributed by atoms with Gasteiger partial charge in [0, 0.05) is 0 Å². The molecule has 10 nitrogen and oxygen atoms in total. The van der Waals surface area contributed by atoms with Crippen molar-refractivity contribution in [2.75, 3.05) is 13.2 Å². The first-order chi connectivity index (χ1) is 11.0. The van der Waals surface area contributed by atoms with E-state index in [1.807, 2.05) is 0 Å². The lowest BCUT2D eigenvalue weighted by Crippen LogP contribution is -2.40. The Kier molecular flexibility index (Phi) is 13.8. The van der Waals surface area contributed by atoms with Crippen LogP contribution in [0.2, 0.25) is 0 Å². The van der Waals surface area contributed by atoms with E-state index in [-0.39, 0.29) is 0 Å². The third kappa shape index (κ3) is 11.4. The van der Waals surface area contributed by atoms with Crippen molar-refractivity contribution in [3.63, 3.8) is 0 Å². The van der Waals surface area contributed by atoms with Gasteiger partial charge in [0.25, 0.3) is 0 Å². The summed E-state index contributed by atoms with van der Waals surface area (Å²) in [5, 5.41) is 69.3. The summed E-state index contributed by atoms with van der Waals surface area (Å²) in [6.45, 7) is -1.53. The first-order valence-corrected chi connectivity index (χ1v) is 6.64. The Bertz CT molecular complexity index is 336. The van der Waals surface area contributed by atoms with Gasteiger partial charge in [-0.3, -0.25) is 9.59 Å². The molecule has 0 heterocycles. The summed E-state index contributed by atoms with van der Waals surface area (Å²) in [6, 6.07) is -3.57. The molecule has 0 aromatic rings. The summed E-state index contributed by atoms with van der Waals surface area (Å²) in [6.07, 6.45) is -11.7. The molecule has 0 aliphatic carbocycles. The summed E-state index contributed by atoms with van der Waals surface area (Å²) in [7, 11) is 0. The van der Waals surface area contributed by atoms with E-state index in [2.05, 4.69) is 0 Å². The van der Waals surface area contributed by atoms with Gasteiger partial charge in [0.05, 0.1) is 38.3 Å². The minimum absolute atomic E-state index is 0.765. The van der Waals surface area contributed by atoms with Crippen LogP contribution in [0.3, 0.4) is 0 Å². The highest BCUT2D eigenvalue weighted by atomic mass is 19.1. The highest BCUT2D eigenvalue weighted by Gasteiger charge is 2.26. The molecule has 0 aromatic heterocycles. The van der Waals surface area contributed by atoms with Crippen molar-refractivity contribution < 1.29 is 59.2 Å². The summed E-state index contributed by atoms with van der Waals surface area (Å²) in [5.41, 5.74) is 0. The first-order valence-electron chi connectivity index (χ1n) is 6.64. The third-order valence-electron chi connectivity index (χ3n) is 2.69. The van der Waals surface area contributed by atoms with Gasteiger partial charge in [0.15, 0.2) is 0 Å². The second-order valence-electron chi connectivity index (χ2n) is 4.73. The highest BCUT2D eigenvalue weighted by molar-refractivity contribution is 5.68. The molecule has 0 saturated carbocycles. The van der Waals surface area contributed by atoms with Gasteiger partial charge >= 0.3 is 12.1 Å². The molecule has 0 rings (SSSR count). The summed E-state index contributed by atoms with van der Waals surface area (Å²) in [4.78, 5) is 19.6. The highest BCUT2D eigenvalue weighted by Crippen LogP contribution is 2.05. The van der Waals surface area contributed by atoms with E-state index >= 15 is 0 Å². The van der Waals surface area contributed by atoms with E-state index in [1.54, 1.807) is 0 Å². The second kappa shape index (κ2) is 13.2. The van der Waals surface area contributed by atoms with Gasteiger partial charge in [-0.15, -0.1) is 0 Å². The smallest absolute Gasteiger partial charge is 0.304 e. The quantitative estimate of drug-likeness (QED) is 0.176. The summed E-state index contributed by atoms with van der Waals surface area (Å²) >= 11 is 0. The molecule has 144 valence electrons. The minimum atomic E-state index is -1.79. The number of aliphatic hydroxyl groups excluding tert-OH is 8. The Labute approximate surface area is 135 Å². The number of carbonyl (C=O) groups excluding carboxylic acids is 2. The second-order valence-corrected chi connectivity index (χ2v) is 4.73. The number of aliphatic hydroxyl groups is 8. The lowest BCUT2D eigenvalue weighted by Gasteiger charge is -2.19. The Hall–Kier alpha value is -1.12. The number of carbonyl (C=O) groups is 2. The van der Waals surface area contributed by atoms with Crippen LogP contribution in [0, 0.1) is 0 Å². The maximum Gasteiger partial charge on any atom is 0.304 e. The minimum Gasteiger partial charge on any atom is -0.394 e. The zero-order valence-electron chi connectivity index (χ0n) is 12.4. The lowest BCUT2D eigenvalue weighted by atomic mass is 10.1. The normalized spacial score (nSPS) is 18.4. The molecule has 6 atom stereocenters. The monoisotopic (exact) mass is 364 g/mol. The molecular weight excluding hydrogens is 342 g/mol. The molecule has 0 saturated heterocycles. The molecule has 0 bridgehead atoms. The predicted molar refractivity (Wildman–Crippen MR) is 71.7 cm³/mol. The average molecular weight is 364 g/mol. The molecule has 0 spiro atoms. The summed E-state index contributed by atoms with van der Waals surface area (Å²) < 4.78 is 23.3. The van der Waals surface area contributed by atoms with Crippen molar-refractivity contribution in [3.05, 3.63) is 0 Å². The number of rotatable bonds is 10. The molecular formula is C12H22F2O10. The third-order valence-corrected chi connectivity index (χ3v) is 2.69. The molecule has 6 unspecified atom stereocenters. The van der Waals surface area contributed by atoms with E-state index in [9.17, 15) is 18.4 Å². The molecule has 0 radical (unpaired) electrons. The molecule has 0 amide bonds. The van der Waals surface area contributed by atoms with Crippen LogP contribution >= 0.6 is 0 Å². The SMILES string of the molecule is O=C(F)CC(O)C(O)C(O)CO.O=C(F)CC(O)C(O)C(O)CO. The van der Waals surface area contributed by atoms with Crippen LogP contribution in [0.15, 0.2) is 0 Å². The summed E-state index contributed by atoms with van der Waals surface area (Å²) in [5.74, 6) is 0. The number of hydrogen-bond donors (Lipinski definition) is 8. The van der Waals surface area contributed by atoms with E-state index in [1.165, 1.54) is 0 Å². The van der Waals surface area contributed by atoms with E-state index < -0.39 is 74.8 Å². The largest absolute Gasteiger partial charge is 0.394 e. The lowest BCUT2D eigenvalue weighted by molar-refractivity contribution is -0.137. The molecule has 8 N–H and O–H groups in total. The van der Waals surface area contributed by atoms with Crippen LogP contribution < -0.4 is 0 Å². The van der Waals surface area contributed by atoms with Crippen molar-refractivity contribution in [3.8, 4) is 0 Å². The van der Waals surface area contributed by atoms with Crippen molar-refractivity contribution in [2.45, 2.75) is 49.5 Å². The molecule has 0 aromatic carbocycles. The van der Waals surface area contributed by atoms with Crippen molar-refractivity contribution in [1.82, 2.24) is 0 Å². The Morgan fingerprint density at radius 2 is 0.875 bits per heavy atom. The number of halogens is 2. The first kappa shape index (κ1) is 25.1. The van der Waals surface area contributed by atoms with Gasteiger partial charge in [-0.1, -0.05) is 0 Å². The molecule has 0 fully saturated rings. The van der Waals surface area contributed by atoms with Crippen LogP contribution in [0.5, 0.6) is 0 Å². The number of hydrogen-bond acceptors (Lipinski definition) is 10. The fourth-order valence-corrected chi connectivity index (χ4v) is 1.30. The van der Waals surface area contributed by atoms with Gasteiger partial charge in [0.1, 0.15) is 24.4 Å². The van der Waals surface area contributed by atoms with Gasteiger partial charge in [0.2, 0.25) is 0 Å². The Balaban J connectivity index is 0. The standard InChI is InChI=1S/2C6H11FO5/c2*7-5(11)1-3(9)6(12)4(10)2-8/h2*3-4,6,8-10,12H,1-2H2. The van der Waals surface area contributed by atoms with Gasteiger partial charge in [-0.25, -0.2) is 0 Å². The van der Waals surface area contributed by atoms with Gasteiger partial charge < -0.3 is 40.9 Å². The van der Waals surface area contributed by atoms with Crippen LogP contribution in [0.25, 0.3) is 0 Å². The Morgan fingerprint density at radius 3 is 1.04 bits per heavy atom. The fraction of sp³-hybridized carbons (Fsp3) is 0.833. The maximum absolute atomic E-state index is 11.6. The average Bonchev–Trinajstić information content (AvgIpc) is 2.50. The predicted octanol–water partition coefficient (Wildman–Crippen LogP) is -4.10. The topological polar surface area (TPSA) is 196 Å². The van der Waals surface area contributed by atoms with E-state index in [0.717, 1.165) is 0 Å². The van der Waals surface area contributed by atoms with Crippen molar-refractivity contribution in [2.24, 2.45) is 0 Å². The van der Waals surface area contributed by atoms with Crippen molar-refractivity contribution in [1.29, 1.82) is 0 Å². The van der Waals surface area contributed by atoms with Crippen LogP contribution in [-0.2, 0) is 9.59 Å². The zero-order chi connectivity index (χ0) is 19.4. The molecule has 24 heavy (non-hydrogen) atoms. The molecule has 0 aliphatic rings. The van der Waals surface area contributed by atoms with Crippen LogP contribution in [0.4, 0.5) is 8.78 Å². The maximum atomic E-state index is 11.6. The zero-order valence-corrected chi connectivity index (χ0v) is 12.4. The fourth-order valence-electron chi connectivity index (χ4n) is 1.30. The van der Waals surface area contributed by atoms with E-state index in [4.69, 9.17) is 40.9 Å². The van der Waals surface area contributed by atoms with E-state index in [0.29, 0.717) is 0 Å². The molecule has 0 aliphatic heterocycles. The van der Waals surface area contributed by atoms with Crippen LogP contribution in [-0.4, -0.2) is 103 Å². The van der Waals surface area contributed by atoms with Crippen LogP contribution in [0.1, 0.15) is 12.8 Å². The molecule has 12 heteroatoms. The Morgan fingerprint density at radius 1 is 0.625 bits per heavy atom. The van der Waals surface area contributed by atoms with Crippen molar-refractivity contribution >= 4 is 12.1 Å². The van der Waals surface area contributed by atoms with Gasteiger partial charge in [-0.05, 0) is 0 Å². The van der Waals surface area contributed by atoms with Gasteiger partial charge in [-0.2, -0.15) is 8.78 Å².